The van der Waals surface area contributed by atoms with E-state index in [2.05, 4.69) is 4.98 Å². The minimum Gasteiger partial charge on any atom is -0.383 e. The van der Waals surface area contributed by atoms with Crippen molar-refractivity contribution in [1.29, 1.82) is 0 Å². The van der Waals surface area contributed by atoms with Crippen LogP contribution in [0, 0.1) is 15.9 Å². The highest BCUT2D eigenvalue weighted by Crippen LogP contribution is 2.20. The zero-order valence-electron chi connectivity index (χ0n) is 21.5. The zero-order valence-corrected chi connectivity index (χ0v) is 21.5. The highest BCUT2D eigenvalue weighted by Gasteiger charge is 2.24. The number of nitro benzene ring substituents is 1. The molecule has 0 saturated heterocycles. The number of para-hydroxylation sites is 1. The highest BCUT2D eigenvalue weighted by molar-refractivity contribution is 5.97. The molecule has 0 aliphatic rings. The van der Waals surface area contributed by atoms with Crippen LogP contribution >= 0.6 is 0 Å². The Morgan fingerprint density at radius 1 is 1.00 bits per heavy atom. The molecule has 1 aromatic heterocycles. The van der Waals surface area contributed by atoms with Gasteiger partial charge in [-0.3, -0.25) is 19.7 Å². The molecule has 0 spiro atoms. The first kappa shape index (κ1) is 27.5. The number of carbonyl (C=O) groups excluding carboxylic acids is 2. The van der Waals surface area contributed by atoms with E-state index in [4.69, 9.17) is 4.74 Å². The number of H-pyrrole nitrogens is 1. The van der Waals surface area contributed by atoms with Gasteiger partial charge in [0.1, 0.15) is 12.4 Å². The number of hydrogen-bond acceptors (Lipinski definition) is 5. The fraction of sp³-hybridized carbons (Fsp3) is 0.241. The van der Waals surface area contributed by atoms with Crippen molar-refractivity contribution in [3.05, 3.63) is 112 Å². The van der Waals surface area contributed by atoms with Gasteiger partial charge in [0.25, 0.3) is 11.6 Å². The fourth-order valence-corrected chi connectivity index (χ4v) is 4.35. The van der Waals surface area contributed by atoms with E-state index < -0.39 is 10.8 Å². The number of aromatic amines is 1. The zero-order chi connectivity index (χ0) is 27.8. The van der Waals surface area contributed by atoms with Gasteiger partial charge in [0.15, 0.2) is 0 Å². The number of ether oxygens (including phenoxy) is 1. The molecule has 0 atom stereocenters. The predicted octanol–water partition coefficient (Wildman–Crippen LogP) is 4.58. The van der Waals surface area contributed by atoms with Crippen LogP contribution in [0.15, 0.2) is 79.0 Å². The first-order valence-electron chi connectivity index (χ1n) is 12.5. The summed E-state index contributed by atoms with van der Waals surface area (Å²) in [6.07, 6.45) is 2.48. The van der Waals surface area contributed by atoms with Gasteiger partial charge < -0.3 is 19.5 Å². The van der Waals surface area contributed by atoms with Crippen molar-refractivity contribution in [1.82, 2.24) is 14.8 Å². The predicted molar refractivity (Wildman–Crippen MR) is 145 cm³/mol. The van der Waals surface area contributed by atoms with Gasteiger partial charge >= 0.3 is 0 Å². The average Bonchev–Trinajstić information content (AvgIpc) is 3.37. The molecule has 0 saturated carbocycles. The molecule has 3 aromatic carbocycles. The lowest BCUT2D eigenvalue weighted by Crippen LogP contribution is -2.44. The van der Waals surface area contributed by atoms with Crippen LogP contribution in [0.25, 0.3) is 10.9 Å². The topological polar surface area (TPSA) is 109 Å². The third-order valence-corrected chi connectivity index (χ3v) is 6.45. The summed E-state index contributed by atoms with van der Waals surface area (Å²) < 4.78 is 18.6. The maximum atomic E-state index is 13.6. The number of aromatic nitrogens is 1. The van der Waals surface area contributed by atoms with Gasteiger partial charge in [0.2, 0.25) is 5.91 Å². The number of nitro groups is 1. The summed E-state index contributed by atoms with van der Waals surface area (Å²) in [5.74, 6) is -1.19. The number of benzene rings is 3. The normalized spacial score (nSPS) is 10.9. The van der Waals surface area contributed by atoms with Crippen LogP contribution in [0.2, 0.25) is 0 Å². The molecule has 0 bridgehead atoms. The molecule has 0 unspecified atom stereocenters. The standard InChI is InChI=1S/C29H29FN4O5/c1-39-16-15-33(29(36)22-5-4-6-25(17-22)34(37)38)20-28(35)32(19-21-9-11-24(30)12-10-21)14-13-23-18-31-27-8-3-2-7-26(23)27/h2-12,17-18,31H,13-16,19-20H2,1H3. The molecule has 10 heteroatoms. The van der Waals surface area contributed by atoms with Gasteiger partial charge in [-0.05, 0) is 41.8 Å². The van der Waals surface area contributed by atoms with Crippen LogP contribution in [0.1, 0.15) is 21.5 Å². The van der Waals surface area contributed by atoms with Crippen molar-refractivity contribution in [2.45, 2.75) is 13.0 Å². The number of hydrogen-bond donors (Lipinski definition) is 1. The number of methoxy groups -OCH3 is 1. The third-order valence-electron chi connectivity index (χ3n) is 6.45. The molecule has 0 aliphatic heterocycles. The monoisotopic (exact) mass is 532 g/mol. The van der Waals surface area contributed by atoms with Crippen molar-refractivity contribution in [2.75, 3.05) is 33.4 Å². The Morgan fingerprint density at radius 3 is 2.51 bits per heavy atom. The highest BCUT2D eigenvalue weighted by atomic mass is 19.1. The van der Waals surface area contributed by atoms with Crippen molar-refractivity contribution in [3.8, 4) is 0 Å². The Labute approximate surface area is 224 Å². The molecule has 0 fully saturated rings. The average molecular weight is 533 g/mol. The number of fused-ring (bicyclic) bond motifs is 1. The van der Waals surface area contributed by atoms with Gasteiger partial charge in [-0.1, -0.05) is 36.4 Å². The number of nitrogens with zero attached hydrogens (tertiary/aromatic N) is 3. The minimum atomic E-state index is -0.573. The molecule has 39 heavy (non-hydrogen) atoms. The molecule has 0 aliphatic carbocycles. The van der Waals surface area contributed by atoms with Crippen LogP contribution in [0.3, 0.4) is 0 Å². The molecule has 2 amide bonds. The van der Waals surface area contributed by atoms with E-state index in [0.29, 0.717) is 13.0 Å². The molecule has 0 radical (unpaired) electrons. The van der Waals surface area contributed by atoms with Gasteiger partial charge in [-0.2, -0.15) is 0 Å². The second kappa shape index (κ2) is 12.8. The van der Waals surface area contributed by atoms with Crippen molar-refractivity contribution >= 4 is 28.4 Å². The quantitative estimate of drug-likeness (QED) is 0.212. The summed E-state index contributed by atoms with van der Waals surface area (Å²) in [7, 11) is 1.49. The Hall–Kier alpha value is -4.57. The SMILES string of the molecule is COCCN(CC(=O)N(CCc1c[nH]c2ccccc12)Cc1ccc(F)cc1)C(=O)c1cccc([N+](=O)[O-])c1. The van der Waals surface area contributed by atoms with E-state index in [9.17, 15) is 24.1 Å². The second-order valence-corrected chi connectivity index (χ2v) is 9.08. The molecule has 1 N–H and O–H groups in total. The Balaban J connectivity index is 1.55. The first-order chi connectivity index (χ1) is 18.9. The van der Waals surface area contributed by atoms with E-state index >= 15 is 0 Å². The summed E-state index contributed by atoms with van der Waals surface area (Å²) in [5, 5.41) is 12.3. The van der Waals surface area contributed by atoms with Crippen molar-refractivity contribution in [3.63, 3.8) is 0 Å². The van der Waals surface area contributed by atoms with E-state index in [1.165, 1.54) is 48.4 Å². The largest absolute Gasteiger partial charge is 0.383 e. The van der Waals surface area contributed by atoms with Crippen LogP contribution in [0.5, 0.6) is 0 Å². The molecule has 4 rings (SSSR count). The summed E-state index contributed by atoms with van der Waals surface area (Å²) in [6, 6.07) is 19.2. The maximum Gasteiger partial charge on any atom is 0.270 e. The molecule has 1 heterocycles. The molecule has 4 aromatic rings. The second-order valence-electron chi connectivity index (χ2n) is 9.08. The third kappa shape index (κ3) is 7.05. The minimum absolute atomic E-state index is 0.108. The maximum absolute atomic E-state index is 13.6. The number of amides is 2. The van der Waals surface area contributed by atoms with E-state index in [0.717, 1.165) is 22.0 Å². The Morgan fingerprint density at radius 2 is 1.77 bits per heavy atom. The van der Waals surface area contributed by atoms with Crippen LogP contribution in [-0.4, -0.2) is 64.9 Å². The van der Waals surface area contributed by atoms with Gasteiger partial charge in [-0.15, -0.1) is 0 Å². The first-order valence-corrected chi connectivity index (χ1v) is 12.5. The summed E-state index contributed by atoms with van der Waals surface area (Å²) in [4.78, 5) is 43.8. The van der Waals surface area contributed by atoms with Crippen LogP contribution in [0.4, 0.5) is 10.1 Å². The molecular weight excluding hydrogens is 503 g/mol. The van der Waals surface area contributed by atoms with Gasteiger partial charge in [0.05, 0.1) is 11.5 Å². The summed E-state index contributed by atoms with van der Waals surface area (Å²) >= 11 is 0. The van der Waals surface area contributed by atoms with Crippen LogP contribution < -0.4 is 0 Å². The van der Waals surface area contributed by atoms with E-state index in [1.807, 2.05) is 30.5 Å². The van der Waals surface area contributed by atoms with E-state index in [-0.39, 0.29) is 49.2 Å². The lowest BCUT2D eigenvalue weighted by atomic mass is 10.1. The van der Waals surface area contributed by atoms with Gasteiger partial charge in [-0.25, -0.2) is 4.39 Å². The fourth-order valence-electron chi connectivity index (χ4n) is 4.35. The van der Waals surface area contributed by atoms with Gasteiger partial charge in [0, 0.05) is 61.5 Å². The number of nitrogens with one attached hydrogen (secondary N) is 1. The summed E-state index contributed by atoms with van der Waals surface area (Å²) in [6.45, 7) is 0.642. The lowest BCUT2D eigenvalue weighted by molar-refractivity contribution is -0.384. The molecule has 9 nitrogen and oxygen atoms in total. The number of non-ortho nitro benzene ring substituents is 1. The van der Waals surface area contributed by atoms with Crippen molar-refractivity contribution in [2.24, 2.45) is 0 Å². The lowest BCUT2D eigenvalue weighted by Gasteiger charge is -2.28. The number of carbonyl (C=O) groups is 2. The smallest absolute Gasteiger partial charge is 0.270 e. The number of rotatable bonds is 12. The Bertz CT molecular complexity index is 1450. The summed E-state index contributed by atoms with van der Waals surface area (Å²) in [5.41, 5.74) is 2.69. The molecular formula is C29H29FN4O5. The Kier molecular flexibility index (Phi) is 9.01. The van der Waals surface area contributed by atoms with E-state index in [1.54, 1.807) is 17.0 Å². The van der Waals surface area contributed by atoms with Crippen LogP contribution in [-0.2, 0) is 22.5 Å². The molecule has 202 valence electrons. The van der Waals surface area contributed by atoms with Crippen molar-refractivity contribution < 1.29 is 23.6 Å². The number of halogens is 1.